The lowest BCUT2D eigenvalue weighted by Gasteiger charge is -2.18. The number of rotatable bonds is 4. The van der Waals surface area contributed by atoms with Crippen LogP contribution in [0.2, 0.25) is 6.32 Å². The lowest BCUT2D eigenvalue weighted by atomic mass is 9.83. The van der Waals surface area contributed by atoms with Crippen molar-refractivity contribution in [3.05, 3.63) is 0 Å². The van der Waals surface area contributed by atoms with Gasteiger partial charge in [-0.3, -0.25) is 0 Å². The summed E-state index contributed by atoms with van der Waals surface area (Å²) in [7, 11) is -1.84. The molecule has 2 nitrogen and oxygen atoms in total. The van der Waals surface area contributed by atoms with E-state index in [0.717, 1.165) is 0 Å². The smallest absolute Gasteiger partial charge is 0.427 e. The van der Waals surface area contributed by atoms with Gasteiger partial charge in [0.1, 0.15) is 0 Å². The largest absolute Gasteiger partial charge is 0.453 e. The molecule has 0 aliphatic rings. The van der Waals surface area contributed by atoms with Crippen molar-refractivity contribution in [3.8, 4) is 0 Å². The van der Waals surface area contributed by atoms with E-state index in [2.05, 4.69) is 0 Å². The molecule has 0 atom stereocenters. The second-order valence-electron chi connectivity index (χ2n) is 2.58. The average Bonchev–Trinajstić information content (AvgIpc) is 1.82. The molecule has 0 bridgehead atoms. The van der Waals surface area contributed by atoms with Gasteiger partial charge in [0.25, 0.3) is 0 Å². The van der Waals surface area contributed by atoms with Gasteiger partial charge >= 0.3 is 19.2 Å². The molecule has 0 saturated carbocycles. The third kappa shape index (κ3) is 4.42. The molecular weight excluding hydrogens is 198 g/mol. The van der Waals surface area contributed by atoms with Crippen LogP contribution in [0.3, 0.4) is 0 Å². The first-order valence-corrected chi connectivity index (χ1v) is 3.47. The molecule has 0 amide bonds. The van der Waals surface area contributed by atoms with E-state index < -0.39 is 38.4 Å². The molecule has 13 heavy (non-hydrogen) atoms. The Kier molecular flexibility index (Phi) is 4.11. The Balaban J connectivity index is 3.90. The minimum atomic E-state index is -5.56. The standard InChI is InChI=1S/C5H8BF5O2/c7-4(8,5(9,10)11)2-1-3-6(12)13/h12-13H,1-3H2. The molecule has 0 rings (SSSR count). The third-order valence-electron chi connectivity index (χ3n) is 1.37. The normalized spacial score (nSPS) is 13.2. The van der Waals surface area contributed by atoms with Gasteiger partial charge < -0.3 is 10.0 Å². The van der Waals surface area contributed by atoms with E-state index in [0.29, 0.717) is 0 Å². The van der Waals surface area contributed by atoms with Gasteiger partial charge in [-0.05, 0) is 12.7 Å². The van der Waals surface area contributed by atoms with E-state index in [1.165, 1.54) is 0 Å². The fraction of sp³-hybridized carbons (Fsp3) is 1.00. The summed E-state index contributed by atoms with van der Waals surface area (Å²) in [5.74, 6) is -4.75. The topological polar surface area (TPSA) is 40.5 Å². The average molecular weight is 206 g/mol. The molecule has 0 aliphatic heterocycles. The van der Waals surface area contributed by atoms with Crippen LogP contribution in [0.25, 0.3) is 0 Å². The van der Waals surface area contributed by atoms with Gasteiger partial charge in [-0.1, -0.05) is 0 Å². The maximum absolute atomic E-state index is 12.1. The van der Waals surface area contributed by atoms with Crippen molar-refractivity contribution >= 4 is 7.12 Å². The number of hydrogen-bond donors (Lipinski definition) is 2. The highest BCUT2D eigenvalue weighted by molar-refractivity contribution is 6.40. The fourth-order valence-electron chi connectivity index (χ4n) is 0.648. The van der Waals surface area contributed by atoms with Gasteiger partial charge in [-0.25, -0.2) is 0 Å². The van der Waals surface area contributed by atoms with Gasteiger partial charge in [0.2, 0.25) is 0 Å². The summed E-state index contributed by atoms with van der Waals surface area (Å²) in [6, 6.07) is 0. The van der Waals surface area contributed by atoms with E-state index in [9.17, 15) is 22.0 Å². The van der Waals surface area contributed by atoms with Crippen LogP contribution in [-0.2, 0) is 0 Å². The maximum Gasteiger partial charge on any atom is 0.453 e. The molecule has 8 heteroatoms. The Hall–Kier alpha value is -0.365. The molecule has 2 N–H and O–H groups in total. The van der Waals surface area contributed by atoms with Gasteiger partial charge in [0, 0.05) is 6.42 Å². The van der Waals surface area contributed by atoms with Crippen LogP contribution >= 0.6 is 0 Å². The van der Waals surface area contributed by atoms with Crippen LogP contribution in [0.4, 0.5) is 22.0 Å². The van der Waals surface area contributed by atoms with Crippen LogP contribution in [0.15, 0.2) is 0 Å². The predicted molar refractivity (Wildman–Crippen MR) is 35.2 cm³/mol. The molecule has 78 valence electrons. The highest BCUT2D eigenvalue weighted by Gasteiger charge is 2.56. The van der Waals surface area contributed by atoms with Gasteiger partial charge in [0.15, 0.2) is 0 Å². The molecule has 0 aromatic heterocycles. The van der Waals surface area contributed by atoms with E-state index in [1.807, 2.05) is 0 Å². The summed E-state index contributed by atoms with van der Waals surface area (Å²) in [6.07, 6.45) is -8.07. The predicted octanol–water partition coefficient (Wildman–Crippen LogP) is 1.44. The van der Waals surface area contributed by atoms with Crippen LogP contribution in [0.1, 0.15) is 12.8 Å². The van der Waals surface area contributed by atoms with Gasteiger partial charge in [-0.15, -0.1) is 0 Å². The van der Waals surface area contributed by atoms with Crippen LogP contribution in [0, 0.1) is 0 Å². The van der Waals surface area contributed by atoms with Crippen molar-refractivity contribution in [1.29, 1.82) is 0 Å². The zero-order valence-corrected chi connectivity index (χ0v) is 6.48. The van der Waals surface area contributed by atoms with Crippen molar-refractivity contribution in [2.24, 2.45) is 0 Å². The Bertz CT molecular complexity index is 157. The van der Waals surface area contributed by atoms with E-state index in [1.54, 1.807) is 0 Å². The van der Waals surface area contributed by atoms with Crippen LogP contribution in [0.5, 0.6) is 0 Å². The fourth-order valence-corrected chi connectivity index (χ4v) is 0.648. The Morgan fingerprint density at radius 3 is 1.77 bits per heavy atom. The Morgan fingerprint density at radius 2 is 1.46 bits per heavy atom. The molecule has 0 aromatic rings. The van der Waals surface area contributed by atoms with Crippen molar-refractivity contribution in [1.82, 2.24) is 0 Å². The first-order chi connectivity index (χ1) is 5.67. The zero-order valence-electron chi connectivity index (χ0n) is 6.48. The summed E-state index contributed by atoms with van der Waals surface area (Å²) in [5.41, 5.74) is 0. The van der Waals surface area contributed by atoms with E-state index >= 15 is 0 Å². The Morgan fingerprint density at radius 1 is 1.00 bits per heavy atom. The summed E-state index contributed by atoms with van der Waals surface area (Å²) < 4.78 is 58.6. The molecule has 0 fully saturated rings. The molecule has 0 aromatic carbocycles. The Labute approximate surface area is 71.5 Å². The van der Waals surface area contributed by atoms with Crippen molar-refractivity contribution in [3.63, 3.8) is 0 Å². The molecule has 0 saturated heterocycles. The van der Waals surface area contributed by atoms with Crippen molar-refractivity contribution in [2.45, 2.75) is 31.3 Å². The monoisotopic (exact) mass is 206 g/mol. The third-order valence-corrected chi connectivity index (χ3v) is 1.37. The quantitative estimate of drug-likeness (QED) is 0.539. The van der Waals surface area contributed by atoms with E-state index in [4.69, 9.17) is 10.0 Å². The minimum Gasteiger partial charge on any atom is -0.427 e. The summed E-state index contributed by atoms with van der Waals surface area (Å²) in [5, 5.41) is 16.4. The molecule has 0 unspecified atom stereocenters. The first kappa shape index (κ1) is 12.6. The second kappa shape index (κ2) is 4.23. The number of hydrogen-bond acceptors (Lipinski definition) is 2. The summed E-state index contributed by atoms with van der Waals surface area (Å²) in [6.45, 7) is 0. The maximum atomic E-state index is 12.1. The van der Waals surface area contributed by atoms with Gasteiger partial charge in [-0.2, -0.15) is 22.0 Å². The van der Waals surface area contributed by atoms with Crippen LogP contribution < -0.4 is 0 Å². The lowest BCUT2D eigenvalue weighted by Crippen LogP contribution is -2.36. The minimum absolute atomic E-state index is 0.494. The molecule has 0 radical (unpaired) electrons. The number of halogens is 5. The van der Waals surface area contributed by atoms with E-state index in [-0.39, 0.29) is 0 Å². The highest BCUT2D eigenvalue weighted by atomic mass is 19.4. The lowest BCUT2D eigenvalue weighted by molar-refractivity contribution is -0.284. The van der Waals surface area contributed by atoms with Crippen molar-refractivity contribution < 1.29 is 32.0 Å². The van der Waals surface area contributed by atoms with Crippen molar-refractivity contribution in [2.75, 3.05) is 0 Å². The van der Waals surface area contributed by atoms with Gasteiger partial charge in [0.05, 0.1) is 0 Å². The van der Waals surface area contributed by atoms with Crippen LogP contribution in [-0.4, -0.2) is 29.3 Å². The zero-order chi connectivity index (χ0) is 10.7. The second-order valence-corrected chi connectivity index (χ2v) is 2.58. The summed E-state index contributed by atoms with van der Waals surface area (Å²) in [4.78, 5) is 0. The molecule has 0 spiro atoms. The SMILES string of the molecule is OB(O)CCCC(F)(F)C(F)(F)F. The highest BCUT2D eigenvalue weighted by Crippen LogP contribution is 2.39. The molecular formula is C5H8BF5O2. The molecule has 0 aliphatic carbocycles. The molecule has 0 heterocycles. The first-order valence-electron chi connectivity index (χ1n) is 3.47. The number of alkyl halides is 5. The summed E-state index contributed by atoms with van der Waals surface area (Å²) >= 11 is 0.